The summed E-state index contributed by atoms with van der Waals surface area (Å²) in [5, 5.41) is 18.7. The molecule has 0 aliphatic carbocycles. The predicted octanol–water partition coefficient (Wildman–Crippen LogP) is -0.924. The summed E-state index contributed by atoms with van der Waals surface area (Å²) < 4.78 is 1.43. The van der Waals surface area contributed by atoms with Crippen molar-refractivity contribution in [2.45, 2.75) is 26.4 Å². The van der Waals surface area contributed by atoms with Crippen molar-refractivity contribution in [1.82, 2.24) is 20.3 Å². The average Bonchev–Trinajstić information content (AvgIpc) is 2.73. The molecule has 0 bridgehead atoms. The van der Waals surface area contributed by atoms with E-state index in [4.69, 9.17) is 10.8 Å². The van der Waals surface area contributed by atoms with Crippen molar-refractivity contribution in [2.24, 2.45) is 11.7 Å². The first-order valence-corrected chi connectivity index (χ1v) is 5.59. The topological polar surface area (TPSA) is 123 Å². The molecule has 0 saturated carbocycles. The van der Waals surface area contributed by atoms with Gasteiger partial charge in [0.1, 0.15) is 6.04 Å². The fourth-order valence-corrected chi connectivity index (χ4v) is 1.37. The van der Waals surface area contributed by atoms with E-state index in [2.05, 4.69) is 15.6 Å². The summed E-state index contributed by atoms with van der Waals surface area (Å²) in [5.74, 6) is -1.85. The van der Waals surface area contributed by atoms with Crippen LogP contribution in [0.1, 0.15) is 24.3 Å². The second-order valence-electron chi connectivity index (χ2n) is 4.19. The number of rotatable bonds is 6. The van der Waals surface area contributed by atoms with E-state index in [0.717, 1.165) is 0 Å². The number of aromatic nitrogens is 3. The van der Waals surface area contributed by atoms with E-state index in [9.17, 15) is 9.59 Å². The number of carboxylic acids is 1. The number of carboxylic acid groups (broad SMARTS) is 1. The number of nitrogens with two attached hydrogens (primary N) is 1. The molecule has 0 fully saturated rings. The van der Waals surface area contributed by atoms with Crippen LogP contribution in [-0.4, -0.2) is 44.6 Å². The van der Waals surface area contributed by atoms with Crippen molar-refractivity contribution in [1.29, 1.82) is 0 Å². The number of amides is 1. The molecule has 0 aliphatic rings. The minimum absolute atomic E-state index is 0.0790. The summed E-state index contributed by atoms with van der Waals surface area (Å²) >= 11 is 0. The largest absolute Gasteiger partial charge is 0.480 e. The maximum Gasteiger partial charge on any atom is 0.326 e. The number of nitrogens with zero attached hydrogens (tertiary/aromatic N) is 3. The number of hydrogen-bond acceptors (Lipinski definition) is 5. The summed E-state index contributed by atoms with van der Waals surface area (Å²) in [5.41, 5.74) is 5.42. The molecule has 1 aromatic heterocycles. The van der Waals surface area contributed by atoms with Gasteiger partial charge in [0, 0.05) is 6.54 Å². The first-order valence-electron chi connectivity index (χ1n) is 5.59. The molecular formula is C10H17N5O3. The van der Waals surface area contributed by atoms with Crippen LogP contribution in [0.3, 0.4) is 0 Å². The maximum absolute atomic E-state index is 11.8. The van der Waals surface area contributed by atoms with Crippen LogP contribution in [0, 0.1) is 5.92 Å². The van der Waals surface area contributed by atoms with E-state index < -0.39 is 17.9 Å². The standard InChI is InChI=1S/C10H17N5O3/c1-6(2)8(10(17)18)12-9(16)7-5-15(4-3-11)14-13-7/h5-6,8H,3-4,11H2,1-2H3,(H,12,16)(H,17,18)/t8-/m0/s1. The Labute approximate surface area is 104 Å². The molecule has 100 valence electrons. The van der Waals surface area contributed by atoms with Crippen LogP contribution in [0.4, 0.5) is 0 Å². The fraction of sp³-hybridized carbons (Fsp3) is 0.600. The smallest absolute Gasteiger partial charge is 0.326 e. The second kappa shape index (κ2) is 6.10. The number of carbonyl (C=O) groups excluding carboxylic acids is 1. The summed E-state index contributed by atoms with van der Waals surface area (Å²) in [6.45, 7) is 4.26. The van der Waals surface area contributed by atoms with Crippen LogP contribution in [0.15, 0.2) is 6.20 Å². The molecule has 0 unspecified atom stereocenters. The van der Waals surface area contributed by atoms with Gasteiger partial charge in [-0.05, 0) is 5.92 Å². The van der Waals surface area contributed by atoms with Gasteiger partial charge >= 0.3 is 5.97 Å². The molecule has 0 aromatic carbocycles. The zero-order chi connectivity index (χ0) is 13.7. The normalized spacial score (nSPS) is 12.4. The van der Waals surface area contributed by atoms with E-state index in [1.807, 2.05) is 0 Å². The monoisotopic (exact) mass is 255 g/mol. The molecule has 1 amide bonds. The molecule has 8 heteroatoms. The van der Waals surface area contributed by atoms with Crippen molar-refractivity contribution in [3.63, 3.8) is 0 Å². The van der Waals surface area contributed by atoms with Gasteiger partial charge in [-0.25, -0.2) is 4.79 Å². The van der Waals surface area contributed by atoms with Crippen molar-refractivity contribution in [2.75, 3.05) is 6.54 Å². The lowest BCUT2D eigenvalue weighted by Gasteiger charge is -2.16. The lowest BCUT2D eigenvalue weighted by Crippen LogP contribution is -2.44. The summed E-state index contributed by atoms with van der Waals surface area (Å²) in [6, 6.07) is -0.947. The van der Waals surface area contributed by atoms with Crippen LogP contribution in [0.2, 0.25) is 0 Å². The van der Waals surface area contributed by atoms with Gasteiger partial charge in [-0.15, -0.1) is 5.10 Å². The highest BCUT2D eigenvalue weighted by Crippen LogP contribution is 2.03. The lowest BCUT2D eigenvalue weighted by molar-refractivity contribution is -0.140. The Kier molecular flexibility index (Phi) is 4.78. The SMILES string of the molecule is CC(C)[C@H](NC(=O)c1cn(CCN)nn1)C(=O)O. The third kappa shape index (κ3) is 3.52. The summed E-state index contributed by atoms with van der Waals surface area (Å²) in [7, 11) is 0. The van der Waals surface area contributed by atoms with E-state index >= 15 is 0 Å². The van der Waals surface area contributed by atoms with Crippen LogP contribution in [-0.2, 0) is 11.3 Å². The zero-order valence-electron chi connectivity index (χ0n) is 10.3. The minimum atomic E-state index is -1.08. The molecule has 1 rings (SSSR count). The van der Waals surface area contributed by atoms with Crippen LogP contribution in [0.25, 0.3) is 0 Å². The second-order valence-corrected chi connectivity index (χ2v) is 4.19. The highest BCUT2D eigenvalue weighted by Gasteiger charge is 2.25. The maximum atomic E-state index is 11.8. The van der Waals surface area contributed by atoms with E-state index in [0.29, 0.717) is 13.1 Å². The number of hydrogen-bond donors (Lipinski definition) is 3. The zero-order valence-corrected chi connectivity index (χ0v) is 10.3. The molecular weight excluding hydrogens is 238 g/mol. The highest BCUT2D eigenvalue weighted by atomic mass is 16.4. The Hall–Kier alpha value is -1.96. The molecule has 1 aromatic rings. The van der Waals surface area contributed by atoms with Gasteiger partial charge < -0.3 is 16.2 Å². The van der Waals surface area contributed by atoms with Crippen molar-refractivity contribution in [3.8, 4) is 0 Å². The Morgan fingerprint density at radius 2 is 2.22 bits per heavy atom. The quantitative estimate of drug-likeness (QED) is 0.603. The van der Waals surface area contributed by atoms with Gasteiger partial charge in [0.15, 0.2) is 5.69 Å². The average molecular weight is 255 g/mol. The van der Waals surface area contributed by atoms with E-state index in [-0.39, 0.29) is 11.6 Å². The summed E-state index contributed by atoms with van der Waals surface area (Å²) in [4.78, 5) is 22.7. The lowest BCUT2D eigenvalue weighted by atomic mass is 10.0. The van der Waals surface area contributed by atoms with Crippen molar-refractivity contribution >= 4 is 11.9 Å². The minimum Gasteiger partial charge on any atom is -0.480 e. The number of aliphatic carboxylic acids is 1. The number of carbonyl (C=O) groups is 2. The molecule has 0 radical (unpaired) electrons. The first-order chi connectivity index (χ1) is 8.45. The molecule has 0 aliphatic heterocycles. The fourth-order valence-electron chi connectivity index (χ4n) is 1.37. The number of nitrogens with one attached hydrogen (secondary N) is 1. The van der Waals surface area contributed by atoms with Gasteiger partial charge in [0.2, 0.25) is 0 Å². The van der Waals surface area contributed by atoms with Gasteiger partial charge in [-0.2, -0.15) is 0 Å². The Morgan fingerprint density at radius 1 is 1.56 bits per heavy atom. The molecule has 1 atom stereocenters. The molecule has 8 nitrogen and oxygen atoms in total. The van der Waals surface area contributed by atoms with Gasteiger partial charge in [0.05, 0.1) is 12.7 Å². The van der Waals surface area contributed by atoms with Gasteiger partial charge in [0.25, 0.3) is 5.91 Å². The third-order valence-corrected chi connectivity index (χ3v) is 2.35. The van der Waals surface area contributed by atoms with Crippen LogP contribution < -0.4 is 11.1 Å². The van der Waals surface area contributed by atoms with Crippen molar-refractivity contribution in [3.05, 3.63) is 11.9 Å². The molecule has 0 saturated heterocycles. The third-order valence-electron chi connectivity index (χ3n) is 2.35. The van der Waals surface area contributed by atoms with Gasteiger partial charge in [-0.3, -0.25) is 9.48 Å². The molecule has 0 spiro atoms. The molecule has 18 heavy (non-hydrogen) atoms. The Morgan fingerprint density at radius 3 is 2.72 bits per heavy atom. The van der Waals surface area contributed by atoms with E-state index in [1.54, 1.807) is 13.8 Å². The van der Waals surface area contributed by atoms with Crippen LogP contribution >= 0.6 is 0 Å². The van der Waals surface area contributed by atoms with Crippen molar-refractivity contribution < 1.29 is 14.7 Å². The first kappa shape index (κ1) is 14.1. The Balaban J connectivity index is 2.71. The summed E-state index contributed by atoms with van der Waals surface area (Å²) in [6.07, 6.45) is 1.43. The van der Waals surface area contributed by atoms with Crippen LogP contribution in [0.5, 0.6) is 0 Å². The van der Waals surface area contributed by atoms with Gasteiger partial charge in [-0.1, -0.05) is 19.1 Å². The molecule has 4 N–H and O–H groups in total. The van der Waals surface area contributed by atoms with E-state index in [1.165, 1.54) is 10.9 Å². The highest BCUT2D eigenvalue weighted by molar-refractivity contribution is 5.94. The Bertz CT molecular complexity index is 429. The predicted molar refractivity (Wildman–Crippen MR) is 62.8 cm³/mol. The molecule has 1 heterocycles.